The first-order chi connectivity index (χ1) is 3.84. The molecule has 1 aromatic rings. The highest BCUT2D eigenvalue weighted by Gasteiger charge is 1.98. The van der Waals surface area contributed by atoms with Crippen LogP contribution in [0.3, 0.4) is 0 Å². The van der Waals surface area contributed by atoms with Crippen LogP contribution in [-0.4, -0.2) is 10.1 Å². The molecule has 1 aromatic heterocycles. The van der Waals surface area contributed by atoms with E-state index in [0.717, 1.165) is 11.3 Å². The average molecular weight is 126 g/mol. The Labute approximate surface area is 49.8 Å². The van der Waals surface area contributed by atoms with Crippen molar-refractivity contribution in [3.05, 3.63) is 11.2 Å². The van der Waals surface area contributed by atoms with Gasteiger partial charge >= 0.3 is 0 Å². The van der Waals surface area contributed by atoms with Gasteiger partial charge in [-0.15, -0.1) is 0 Å². The second kappa shape index (κ2) is 1.80. The van der Waals surface area contributed by atoms with E-state index >= 15 is 0 Å². The Morgan fingerprint density at radius 3 is 2.88 bits per heavy atom. The molecule has 0 aliphatic heterocycles. The molecule has 0 aliphatic rings. The predicted octanol–water partition coefficient (Wildman–Crippen LogP) is 0.720. The van der Waals surface area contributed by atoms with Crippen LogP contribution in [0, 0.1) is 11.3 Å². The van der Waals surface area contributed by atoms with E-state index in [1.54, 1.807) is 6.07 Å². The first kappa shape index (κ1) is 5.06. The van der Waals surface area contributed by atoms with Crippen LogP contribution < -0.4 is 0 Å². The number of aromatic hydroxyl groups is 1. The van der Waals surface area contributed by atoms with Crippen molar-refractivity contribution >= 4 is 11.3 Å². The van der Waals surface area contributed by atoms with Gasteiger partial charge in [0.1, 0.15) is 6.07 Å². The molecule has 4 heteroatoms. The molecule has 1 heterocycles. The second-order valence-corrected chi connectivity index (χ2v) is 1.95. The maximum absolute atomic E-state index is 8.68. The van der Waals surface area contributed by atoms with Crippen LogP contribution in [0.4, 0.5) is 0 Å². The first-order valence-corrected chi connectivity index (χ1v) is 2.75. The zero-order valence-corrected chi connectivity index (χ0v) is 4.64. The van der Waals surface area contributed by atoms with Crippen LogP contribution in [-0.2, 0) is 0 Å². The van der Waals surface area contributed by atoms with Crippen LogP contribution in [0.25, 0.3) is 0 Å². The molecule has 1 rings (SSSR count). The fourth-order valence-corrected chi connectivity index (χ4v) is 0.785. The molecule has 3 nitrogen and oxygen atoms in total. The van der Waals surface area contributed by atoms with Crippen LogP contribution in [0.1, 0.15) is 5.69 Å². The number of aromatic nitrogens is 1. The van der Waals surface area contributed by atoms with Crippen molar-refractivity contribution in [2.75, 3.05) is 0 Å². The molecule has 40 valence electrons. The summed E-state index contributed by atoms with van der Waals surface area (Å²) < 4.78 is 0. The van der Waals surface area contributed by atoms with Gasteiger partial charge in [0, 0.05) is 0 Å². The van der Waals surface area contributed by atoms with Gasteiger partial charge < -0.3 is 5.11 Å². The smallest absolute Gasteiger partial charge is 0.210 e. The fraction of sp³-hybridized carbons (Fsp3) is 0. The van der Waals surface area contributed by atoms with Crippen molar-refractivity contribution in [3.8, 4) is 11.1 Å². The molecule has 0 amide bonds. The maximum atomic E-state index is 8.68. The van der Waals surface area contributed by atoms with Crippen LogP contribution in [0.5, 0.6) is 5.06 Å². The zero-order chi connectivity index (χ0) is 5.98. The molecule has 0 bridgehead atoms. The van der Waals surface area contributed by atoms with E-state index in [2.05, 4.69) is 4.98 Å². The molecular formula is C4H2N2OS. The minimum atomic E-state index is -0.00694. The van der Waals surface area contributed by atoms with Crippen molar-refractivity contribution < 1.29 is 5.11 Å². The van der Waals surface area contributed by atoms with E-state index in [9.17, 15) is 0 Å². The van der Waals surface area contributed by atoms with Gasteiger partial charge in [0.2, 0.25) is 5.06 Å². The summed E-state index contributed by atoms with van der Waals surface area (Å²) in [5.41, 5.74) is 1.53. The number of thiazole rings is 1. The lowest BCUT2D eigenvalue weighted by molar-refractivity contribution is 0.487. The first-order valence-electron chi connectivity index (χ1n) is 1.87. The minimum absolute atomic E-state index is 0.00694. The van der Waals surface area contributed by atoms with Crippen LogP contribution in [0.2, 0.25) is 0 Å². The van der Waals surface area contributed by atoms with Crippen molar-refractivity contribution in [1.29, 1.82) is 5.26 Å². The fourth-order valence-electron chi connectivity index (χ4n) is 0.317. The molecule has 0 unspecified atom stereocenters. The summed E-state index contributed by atoms with van der Waals surface area (Å²) >= 11 is 1.05. The molecule has 0 aromatic carbocycles. The number of nitriles is 1. The van der Waals surface area contributed by atoms with Crippen molar-refractivity contribution in [2.45, 2.75) is 0 Å². The van der Waals surface area contributed by atoms with Gasteiger partial charge in [-0.25, -0.2) is 4.98 Å². The Morgan fingerprint density at radius 2 is 2.62 bits per heavy atom. The van der Waals surface area contributed by atoms with E-state index in [1.807, 2.05) is 0 Å². The summed E-state index contributed by atoms with van der Waals surface area (Å²) in [6.07, 6.45) is 0. The lowest BCUT2D eigenvalue weighted by Crippen LogP contribution is -1.67. The zero-order valence-electron chi connectivity index (χ0n) is 3.83. The van der Waals surface area contributed by atoms with E-state index in [1.165, 1.54) is 5.51 Å². The molecule has 0 saturated carbocycles. The van der Waals surface area contributed by atoms with Gasteiger partial charge in [-0.1, -0.05) is 11.3 Å². The van der Waals surface area contributed by atoms with Crippen LogP contribution in [0.15, 0.2) is 5.51 Å². The van der Waals surface area contributed by atoms with Gasteiger partial charge in [0.15, 0.2) is 5.69 Å². The maximum Gasteiger partial charge on any atom is 0.210 e. The quantitative estimate of drug-likeness (QED) is 0.557. The highest BCUT2D eigenvalue weighted by Crippen LogP contribution is 2.18. The average Bonchev–Trinajstić information content (AvgIpc) is 2.14. The molecule has 0 spiro atoms. The minimum Gasteiger partial charge on any atom is -0.497 e. The third-order valence-corrected chi connectivity index (χ3v) is 1.28. The molecule has 0 saturated heterocycles. The third kappa shape index (κ3) is 0.634. The second-order valence-electron chi connectivity index (χ2n) is 1.12. The summed E-state index contributed by atoms with van der Waals surface area (Å²) in [7, 11) is 0. The van der Waals surface area contributed by atoms with Gasteiger partial charge in [-0.05, 0) is 0 Å². The Kier molecular flexibility index (Phi) is 1.14. The summed E-state index contributed by atoms with van der Waals surface area (Å²) in [5, 5.41) is 16.8. The SMILES string of the molecule is N#Cc1ncsc1O. The Morgan fingerprint density at radius 1 is 1.88 bits per heavy atom. The van der Waals surface area contributed by atoms with Crippen molar-refractivity contribution in [2.24, 2.45) is 0 Å². The van der Waals surface area contributed by atoms with Crippen LogP contribution >= 0.6 is 11.3 Å². The van der Waals surface area contributed by atoms with E-state index in [-0.39, 0.29) is 10.8 Å². The largest absolute Gasteiger partial charge is 0.497 e. The summed E-state index contributed by atoms with van der Waals surface area (Å²) in [6, 6.07) is 1.72. The van der Waals surface area contributed by atoms with E-state index in [4.69, 9.17) is 10.4 Å². The molecule has 0 fully saturated rings. The Bertz CT molecular complexity index is 224. The molecule has 1 N–H and O–H groups in total. The normalized spacial score (nSPS) is 8.38. The molecule has 0 atom stereocenters. The number of nitrogens with zero attached hydrogens (tertiary/aromatic N) is 2. The number of hydrogen-bond acceptors (Lipinski definition) is 4. The van der Waals surface area contributed by atoms with E-state index in [0.29, 0.717) is 0 Å². The molecule has 0 radical (unpaired) electrons. The highest BCUT2D eigenvalue weighted by molar-refractivity contribution is 7.11. The molecule has 8 heavy (non-hydrogen) atoms. The standard InChI is InChI=1S/C4H2N2OS/c5-1-3-4(7)8-2-6-3/h2,7H. The Balaban J connectivity index is 3.15. The topological polar surface area (TPSA) is 56.9 Å². The molecule has 0 aliphatic carbocycles. The van der Waals surface area contributed by atoms with Crippen molar-refractivity contribution in [1.82, 2.24) is 4.98 Å². The summed E-state index contributed by atoms with van der Waals surface area (Å²) in [6.45, 7) is 0. The van der Waals surface area contributed by atoms with Gasteiger partial charge in [0.05, 0.1) is 5.51 Å². The van der Waals surface area contributed by atoms with Gasteiger partial charge in [0.25, 0.3) is 0 Å². The summed E-state index contributed by atoms with van der Waals surface area (Å²) in [5.74, 6) is 0. The Hall–Kier alpha value is -1.08. The van der Waals surface area contributed by atoms with E-state index < -0.39 is 0 Å². The molecular weight excluding hydrogens is 124 g/mol. The predicted molar refractivity (Wildman–Crippen MR) is 28.5 cm³/mol. The van der Waals surface area contributed by atoms with Gasteiger partial charge in [-0.3, -0.25) is 0 Å². The van der Waals surface area contributed by atoms with Gasteiger partial charge in [-0.2, -0.15) is 5.26 Å². The monoisotopic (exact) mass is 126 g/mol. The number of rotatable bonds is 0. The highest BCUT2D eigenvalue weighted by atomic mass is 32.1. The van der Waals surface area contributed by atoms with Crippen molar-refractivity contribution in [3.63, 3.8) is 0 Å². The third-order valence-electron chi connectivity index (χ3n) is 0.655. The number of hydrogen-bond donors (Lipinski definition) is 1. The lowest BCUT2D eigenvalue weighted by Gasteiger charge is -1.74. The lowest BCUT2D eigenvalue weighted by atomic mass is 10.5. The summed E-state index contributed by atoms with van der Waals surface area (Å²) in [4.78, 5) is 3.54.